The summed E-state index contributed by atoms with van der Waals surface area (Å²) in [6.45, 7) is -0.594. The molecule has 1 fully saturated rings. The molecule has 8 nitrogen and oxygen atoms in total. The molecule has 1 N–H and O–H groups in total. The Morgan fingerprint density at radius 3 is 2.15 bits per heavy atom. The maximum Gasteiger partial charge on any atom is 0.264 e. The van der Waals surface area contributed by atoms with Crippen LogP contribution in [0, 0.1) is 5.82 Å². The Kier molecular flexibility index (Phi) is 10.7. The van der Waals surface area contributed by atoms with Gasteiger partial charge in [0, 0.05) is 19.0 Å². The summed E-state index contributed by atoms with van der Waals surface area (Å²) in [5.74, 6) is -0.849. The largest absolute Gasteiger partial charge is 0.497 e. The topological polar surface area (TPSA) is 96.0 Å². The molecule has 0 unspecified atom stereocenters. The fourth-order valence-electron chi connectivity index (χ4n) is 5.74. The first-order valence-electron chi connectivity index (χ1n) is 15.3. The molecule has 0 aliphatic heterocycles. The second-order valence-electron chi connectivity index (χ2n) is 11.4. The third-order valence-corrected chi connectivity index (χ3v) is 9.97. The van der Waals surface area contributed by atoms with Gasteiger partial charge in [-0.2, -0.15) is 0 Å². The summed E-state index contributed by atoms with van der Waals surface area (Å²) >= 11 is 0. The zero-order chi connectivity index (χ0) is 32.5. The molecule has 5 rings (SSSR count). The number of methoxy groups -OCH3 is 1. The lowest BCUT2D eigenvalue weighted by molar-refractivity contribution is -0.140. The SMILES string of the molecule is COc1cccc(CN(C(=O)CN(c2ccc(F)cc2)S(=O)(=O)c2ccccc2)[C@@H](Cc2ccccc2)C(=O)NC2CCCC2)c1. The third-order valence-electron chi connectivity index (χ3n) is 8.18. The first-order chi connectivity index (χ1) is 22.2. The lowest BCUT2D eigenvalue weighted by Crippen LogP contribution is -2.54. The molecule has 1 saturated carbocycles. The summed E-state index contributed by atoms with van der Waals surface area (Å²) in [7, 11) is -2.71. The molecule has 10 heteroatoms. The Balaban J connectivity index is 1.56. The summed E-state index contributed by atoms with van der Waals surface area (Å²) in [5, 5.41) is 3.16. The highest BCUT2D eigenvalue weighted by atomic mass is 32.2. The summed E-state index contributed by atoms with van der Waals surface area (Å²) in [5.41, 5.74) is 1.68. The van der Waals surface area contributed by atoms with Crippen LogP contribution in [-0.4, -0.2) is 50.9 Å². The number of ether oxygens (including phenoxy) is 1. The number of anilines is 1. The first-order valence-corrected chi connectivity index (χ1v) is 16.8. The first kappa shape index (κ1) is 32.7. The molecule has 2 amide bonds. The van der Waals surface area contributed by atoms with Crippen molar-refractivity contribution in [2.24, 2.45) is 0 Å². The fraction of sp³-hybridized carbons (Fsp3) is 0.278. The van der Waals surface area contributed by atoms with Crippen molar-refractivity contribution < 1.29 is 27.1 Å². The fourth-order valence-corrected chi connectivity index (χ4v) is 7.18. The molecular weight excluding hydrogens is 605 g/mol. The molecular formula is C36H38FN3O5S. The number of sulfonamides is 1. The van der Waals surface area contributed by atoms with E-state index in [1.54, 1.807) is 43.5 Å². The zero-order valence-electron chi connectivity index (χ0n) is 25.7. The van der Waals surface area contributed by atoms with Gasteiger partial charge in [-0.25, -0.2) is 12.8 Å². The van der Waals surface area contributed by atoms with Crippen molar-refractivity contribution >= 4 is 27.5 Å². The molecule has 1 aliphatic carbocycles. The molecule has 0 bridgehead atoms. The van der Waals surface area contributed by atoms with Crippen LogP contribution in [0.2, 0.25) is 0 Å². The summed E-state index contributed by atoms with van der Waals surface area (Å²) in [6.07, 6.45) is 3.98. The summed E-state index contributed by atoms with van der Waals surface area (Å²) in [6, 6.07) is 28.4. The number of amides is 2. The number of carbonyl (C=O) groups is 2. The van der Waals surface area contributed by atoms with Crippen molar-refractivity contribution in [3.8, 4) is 5.75 Å². The van der Waals surface area contributed by atoms with Crippen LogP contribution < -0.4 is 14.4 Å². The number of rotatable bonds is 13. The van der Waals surface area contributed by atoms with Gasteiger partial charge in [0.1, 0.15) is 24.2 Å². The van der Waals surface area contributed by atoms with Gasteiger partial charge in [0.05, 0.1) is 17.7 Å². The highest BCUT2D eigenvalue weighted by Gasteiger charge is 2.35. The Labute approximate surface area is 269 Å². The molecule has 0 heterocycles. The average Bonchev–Trinajstić information content (AvgIpc) is 3.59. The van der Waals surface area contributed by atoms with Crippen LogP contribution in [0.1, 0.15) is 36.8 Å². The van der Waals surface area contributed by atoms with Crippen molar-refractivity contribution in [2.75, 3.05) is 18.0 Å². The molecule has 0 spiro atoms. The van der Waals surface area contributed by atoms with Crippen LogP contribution in [0.5, 0.6) is 5.75 Å². The molecule has 4 aromatic rings. The molecule has 46 heavy (non-hydrogen) atoms. The predicted molar refractivity (Wildman–Crippen MR) is 175 cm³/mol. The van der Waals surface area contributed by atoms with E-state index >= 15 is 0 Å². The predicted octanol–water partition coefficient (Wildman–Crippen LogP) is 5.73. The Bertz CT molecular complexity index is 1710. The van der Waals surface area contributed by atoms with Crippen molar-refractivity contribution in [1.82, 2.24) is 10.2 Å². The Morgan fingerprint density at radius 2 is 1.50 bits per heavy atom. The van der Waals surface area contributed by atoms with E-state index in [1.165, 1.54) is 29.2 Å². The van der Waals surface area contributed by atoms with Crippen LogP contribution in [0.25, 0.3) is 0 Å². The Hall–Kier alpha value is -4.70. The minimum absolute atomic E-state index is 0.00807. The molecule has 0 aromatic heterocycles. The van der Waals surface area contributed by atoms with Crippen molar-refractivity contribution in [2.45, 2.75) is 55.6 Å². The number of hydrogen-bond acceptors (Lipinski definition) is 5. The quantitative estimate of drug-likeness (QED) is 0.201. The van der Waals surface area contributed by atoms with E-state index in [-0.39, 0.29) is 35.5 Å². The number of nitrogens with zero attached hydrogens (tertiary/aromatic N) is 2. The van der Waals surface area contributed by atoms with Crippen LogP contribution in [0.3, 0.4) is 0 Å². The summed E-state index contributed by atoms with van der Waals surface area (Å²) < 4.78 is 48.3. The molecule has 4 aromatic carbocycles. The van der Waals surface area contributed by atoms with Crippen LogP contribution in [0.4, 0.5) is 10.1 Å². The number of nitrogens with one attached hydrogen (secondary N) is 1. The zero-order valence-corrected chi connectivity index (χ0v) is 26.5. The Morgan fingerprint density at radius 1 is 0.870 bits per heavy atom. The van der Waals surface area contributed by atoms with E-state index in [2.05, 4.69) is 5.32 Å². The lowest BCUT2D eigenvalue weighted by atomic mass is 10.0. The monoisotopic (exact) mass is 643 g/mol. The lowest BCUT2D eigenvalue weighted by Gasteiger charge is -2.34. The number of halogens is 1. The highest BCUT2D eigenvalue weighted by Crippen LogP contribution is 2.26. The van der Waals surface area contributed by atoms with Gasteiger partial charge in [-0.1, -0.05) is 73.5 Å². The van der Waals surface area contributed by atoms with Crippen LogP contribution in [0.15, 0.2) is 114 Å². The van der Waals surface area contributed by atoms with E-state index < -0.39 is 34.3 Å². The van der Waals surface area contributed by atoms with Crippen molar-refractivity contribution in [3.63, 3.8) is 0 Å². The minimum atomic E-state index is -4.26. The van der Waals surface area contributed by atoms with Gasteiger partial charge in [0.2, 0.25) is 11.8 Å². The van der Waals surface area contributed by atoms with Gasteiger partial charge in [0.25, 0.3) is 10.0 Å². The van der Waals surface area contributed by atoms with E-state index in [9.17, 15) is 22.4 Å². The second kappa shape index (κ2) is 15.1. The number of carbonyl (C=O) groups excluding carboxylic acids is 2. The second-order valence-corrected chi connectivity index (χ2v) is 13.2. The highest BCUT2D eigenvalue weighted by molar-refractivity contribution is 7.92. The van der Waals surface area contributed by atoms with Crippen molar-refractivity contribution in [1.29, 1.82) is 0 Å². The summed E-state index contributed by atoms with van der Waals surface area (Å²) in [4.78, 5) is 30.0. The van der Waals surface area contributed by atoms with Gasteiger partial charge >= 0.3 is 0 Å². The van der Waals surface area contributed by atoms with Gasteiger partial charge in [-0.05, 0) is 72.5 Å². The molecule has 240 valence electrons. The van der Waals surface area contributed by atoms with Gasteiger partial charge in [-0.15, -0.1) is 0 Å². The van der Waals surface area contributed by atoms with Gasteiger partial charge in [0.15, 0.2) is 0 Å². The standard InChI is InChI=1S/C36H38FN3O5S/c1-45-32-16-10-13-28(23-32)25-39(34(24-27-11-4-2-5-12-27)36(42)38-30-14-8-9-15-30)35(41)26-40(31-21-19-29(37)20-22-31)46(43,44)33-17-6-3-7-18-33/h2-7,10-13,16-23,30,34H,8-9,14-15,24-26H2,1H3,(H,38,42)/t34-/m0/s1. The van der Waals surface area contributed by atoms with Crippen molar-refractivity contribution in [3.05, 3.63) is 126 Å². The molecule has 0 radical (unpaired) electrons. The van der Waals surface area contributed by atoms with Crippen LogP contribution >= 0.6 is 0 Å². The number of benzene rings is 4. The average molecular weight is 644 g/mol. The van der Waals surface area contributed by atoms with E-state index in [1.807, 2.05) is 36.4 Å². The maximum absolute atomic E-state index is 14.5. The van der Waals surface area contributed by atoms with E-state index in [0.717, 1.165) is 47.7 Å². The molecule has 0 saturated heterocycles. The minimum Gasteiger partial charge on any atom is -0.497 e. The van der Waals surface area contributed by atoms with E-state index in [0.29, 0.717) is 11.3 Å². The maximum atomic E-state index is 14.5. The van der Waals surface area contributed by atoms with E-state index in [4.69, 9.17) is 4.74 Å². The third kappa shape index (κ3) is 8.11. The number of hydrogen-bond donors (Lipinski definition) is 1. The molecule has 1 atom stereocenters. The van der Waals surface area contributed by atoms with Gasteiger partial charge < -0.3 is 15.0 Å². The van der Waals surface area contributed by atoms with Crippen LogP contribution in [-0.2, 0) is 32.6 Å². The smallest absolute Gasteiger partial charge is 0.264 e. The molecule has 1 aliphatic rings. The van der Waals surface area contributed by atoms with Gasteiger partial charge in [-0.3, -0.25) is 13.9 Å². The normalized spacial score (nSPS) is 14.0.